The van der Waals surface area contributed by atoms with Gasteiger partial charge in [0.2, 0.25) is 5.91 Å². The lowest BCUT2D eigenvalue weighted by Crippen LogP contribution is -2.46. The van der Waals surface area contributed by atoms with Crippen molar-refractivity contribution in [2.75, 3.05) is 0 Å². The maximum atomic E-state index is 13.2. The van der Waals surface area contributed by atoms with E-state index in [1.165, 1.54) is 0 Å². The fraction of sp³-hybridized carbons (Fsp3) is 0.176. The quantitative estimate of drug-likeness (QED) is 0.886. The molecule has 120 valence electrons. The van der Waals surface area contributed by atoms with E-state index < -0.39 is 29.5 Å². The summed E-state index contributed by atoms with van der Waals surface area (Å²) in [4.78, 5) is 23.7. The molecule has 0 aliphatic carbocycles. The molecule has 0 spiro atoms. The van der Waals surface area contributed by atoms with Gasteiger partial charge in [-0.1, -0.05) is 24.3 Å². The molecule has 0 fully saturated rings. The smallest absolute Gasteiger partial charge is 0.252 e. The van der Waals surface area contributed by atoms with Gasteiger partial charge in [-0.2, -0.15) is 0 Å². The molecule has 0 aromatic heterocycles. The highest BCUT2D eigenvalue weighted by atomic mass is 19.2. The summed E-state index contributed by atoms with van der Waals surface area (Å²) in [5, 5.41) is 2.45. The summed E-state index contributed by atoms with van der Waals surface area (Å²) in [6.07, 6.45) is 0.220. The summed E-state index contributed by atoms with van der Waals surface area (Å²) >= 11 is 0. The van der Waals surface area contributed by atoms with Crippen LogP contribution in [0.2, 0.25) is 0 Å². The first-order valence-electron chi connectivity index (χ1n) is 6.98. The lowest BCUT2D eigenvalue weighted by atomic mass is 10.0. The summed E-state index contributed by atoms with van der Waals surface area (Å²) in [6, 6.07) is 9.20. The number of amides is 2. The highest BCUT2D eigenvalue weighted by Gasteiger charge is 2.20. The lowest BCUT2D eigenvalue weighted by molar-refractivity contribution is -0.119. The summed E-state index contributed by atoms with van der Waals surface area (Å²) < 4.78 is 26.1. The summed E-state index contributed by atoms with van der Waals surface area (Å²) in [5.74, 6) is -3.58. The van der Waals surface area contributed by atoms with E-state index in [-0.39, 0.29) is 12.0 Å². The zero-order valence-corrected chi connectivity index (χ0v) is 12.5. The molecule has 2 aromatic rings. The molecule has 2 rings (SSSR count). The fourth-order valence-corrected chi connectivity index (χ4v) is 2.16. The normalized spacial score (nSPS) is 11.8. The number of halogens is 2. The molecule has 3 N–H and O–H groups in total. The first kappa shape index (κ1) is 16.6. The fourth-order valence-electron chi connectivity index (χ4n) is 2.16. The zero-order chi connectivity index (χ0) is 17.0. The summed E-state index contributed by atoms with van der Waals surface area (Å²) in [6.45, 7) is 1.88. The van der Waals surface area contributed by atoms with Crippen LogP contribution in [0, 0.1) is 18.6 Å². The highest BCUT2D eigenvalue weighted by Crippen LogP contribution is 2.12. The van der Waals surface area contributed by atoms with Crippen LogP contribution >= 0.6 is 0 Å². The Morgan fingerprint density at radius 1 is 1.13 bits per heavy atom. The van der Waals surface area contributed by atoms with Crippen LogP contribution in [-0.4, -0.2) is 17.9 Å². The van der Waals surface area contributed by atoms with Gasteiger partial charge in [0.1, 0.15) is 6.04 Å². The molecule has 0 bridgehead atoms. The van der Waals surface area contributed by atoms with E-state index in [1.54, 1.807) is 0 Å². The molecule has 4 nitrogen and oxygen atoms in total. The van der Waals surface area contributed by atoms with Crippen LogP contribution in [0.1, 0.15) is 21.5 Å². The van der Waals surface area contributed by atoms with Crippen LogP contribution < -0.4 is 11.1 Å². The number of nitrogens with two attached hydrogens (primary N) is 1. The van der Waals surface area contributed by atoms with Crippen molar-refractivity contribution >= 4 is 11.8 Å². The van der Waals surface area contributed by atoms with Crippen molar-refractivity contribution in [3.05, 3.63) is 70.8 Å². The van der Waals surface area contributed by atoms with Crippen LogP contribution in [0.15, 0.2) is 42.5 Å². The predicted molar refractivity (Wildman–Crippen MR) is 81.7 cm³/mol. The number of primary amides is 1. The third-order valence-electron chi connectivity index (χ3n) is 3.52. The molecule has 2 amide bonds. The minimum absolute atomic E-state index is 0.0834. The number of carbonyl (C=O) groups is 2. The van der Waals surface area contributed by atoms with Crippen molar-refractivity contribution in [2.45, 2.75) is 19.4 Å². The van der Waals surface area contributed by atoms with E-state index in [1.807, 2.05) is 31.2 Å². The van der Waals surface area contributed by atoms with E-state index in [2.05, 4.69) is 5.32 Å². The number of hydrogen-bond acceptors (Lipinski definition) is 2. The molecule has 0 heterocycles. The van der Waals surface area contributed by atoms with Gasteiger partial charge >= 0.3 is 0 Å². The SMILES string of the molecule is Cc1ccccc1C[C@H](NC(=O)c1ccc(F)c(F)c1)C(N)=O. The van der Waals surface area contributed by atoms with Gasteiger partial charge < -0.3 is 11.1 Å². The minimum Gasteiger partial charge on any atom is -0.368 e. The second-order valence-electron chi connectivity index (χ2n) is 5.19. The van der Waals surface area contributed by atoms with E-state index >= 15 is 0 Å². The molecule has 1 atom stereocenters. The molecule has 6 heteroatoms. The van der Waals surface area contributed by atoms with Gasteiger partial charge in [0.25, 0.3) is 5.91 Å². The van der Waals surface area contributed by atoms with Crippen LogP contribution in [0.3, 0.4) is 0 Å². The Hall–Kier alpha value is -2.76. The van der Waals surface area contributed by atoms with Crippen LogP contribution in [0.25, 0.3) is 0 Å². The Bertz CT molecular complexity index is 747. The van der Waals surface area contributed by atoms with Gasteiger partial charge in [-0.05, 0) is 36.2 Å². The zero-order valence-electron chi connectivity index (χ0n) is 12.5. The maximum absolute atomic E-state index is 13.2. The van der Waals surface area contributed by atoms with Gasteiger partial charge in [-0.3, -0.25) is 9.59 Å². The molecule has 0 unspecified atom stereocenters. The van der Waals surface area contributed by atoms with Gasteiger partial charge in [0.15, 0.2) is 11.6 Å². The third kappa shape index (κ3) is 4.12. The van der Waals surface area contributed by atoms with Crippen molar-refractivity contribution in [3.8, 4) is 0 Å². The standard InChI is InChI=1S/C17H16F2N2O2/c1-10-4-2-3-5-11(10)9-15(16(20)22)21-17(23)12-6-7-13(18)14(19)8-12/h2-8,15H,9H2,1H3,(H2,20,22)(H,21,23)/t15-/m0/s1. The first-order chi connectivity index (χ1) is 10.9. The summed E-state index contributed by atoms with van der Waals surface area (Å²) in [7, 11) is 0. The molecule has 0 radical (unpaired) electrons. The monoisotopic (exact) mass is 318 g/mol. The number of nitrogens with one attached hydrogen (secondary N) is 1. The largest absolute Gasteiger partial charge is 0.368 e. The van der Waals surface area contributed by atoms with E-state index in [0.29, 0.717) is 0 Å². The first-order valence-corrected chi connectivity index (χ1v) is 6.98. The Labute approximate surface area is 132 Å². The molecular weight excluding hydrogens is 302 g/mol. The number of hydrogen-bond donors (Lipinski definition) is 2. The predicted octanol–water partition coefficient (Wildman–Crippen LogP) is 2.10. The van der Waals surface area contributed by atoms with Gasteiger partial charge in [0, 0.05) is 12.0 Å². The van der Waals surface area contributed by atoms with E-state index in [0.717, 1.165) is 29.3 Å². The van der Waals surface area contributed by atoms with Crippen molar-refractivity contribution in [1.82, 2.24) is 5.32 Å². The van der Waals surface area contributed by atoms with Crippen LogP contribution in [0.4, 0.5) is 8.78 Å². The Balaban J connectivity index is 2.16. The topological polar surface area (TPSA) is 72.2 Å². The average molecular weight is 318 g/mol. The minimum atomic E-state index is -1.13. The number of rotatable bonds is 5. The Morgan fingerprint density at radius 3 is 2.43 bits per heavy atom. The maximum Gasteiger partial charge on any atom is 0.252 e. The average Bonchev–Trinajstić information content (AvgIpc) is 2.51. The molecular formula is C17H16F2N2O2. The van der Waals surface area contributed by atoms with Crippen LogP contribution in [-0.2, 0) is 11.2 Å². The second-order valence-corrected chi connectivity index (χ2v) is 5.19. The van der Waals surface area contributed by atoms with Crippen LogP contribution in [0.5, 0.6) is 0 Å². The van der Waals surface area contributed by atoms with Crippen molar-refractivity contribution < 1.29 is 18.4 Å². The number of benzene rings is 2. The molecule has 0 saturated carbocycles. The van der Waals surface area contributed by atoms with Gasteiger partial charge in [0.05, 0.1) is 0 Å². The lowest BCUT2D eigenvalue weighted by Gasteiger charge is -2.17. The van der Waals surface area contributed by atoms with Crippen molar-refractivity contribution in [1.29, 1.82) is 0 Å². The number of carbonyl (C=O) groups excluding carboxylic acids is 2. The Morgan fingerprint density at radius 2 is 1.83 bits per heavy atom. The molecule has 2 aromatic carbocycles. The molecule has 0 aliphatic rings. The van der Waals surface area contributed by atoms with E-state index in [4.69, 9.17) is 5.73 Å². The van der Waals surface area contributed by atoms with Gasteiger partial charge in [-0.25, -0.2) is 8.78 Å². The van der Waals surface area contributed by atoms with Crippen molar-refractivity contribution in [3.63, 3.8) is 0 Å². The van der Waals surface area contributed by atoms with Gasteiger partial charge in [-0.15, -0.1) is 0 Å². The molecule has 0 saturated heterocycles. The molecule has 0 aliphatic heterocycles. The Kier molecular flexibility index (Phi) is 5.05. The summed E-state index contributed by atoms with van der Waals surface area (Å²) in [5.41, 5.74) is 7.07. The van der Waals surface area contributed by atoms with Crippen molar-refractivity contribution in [2.24, 2.45) is 5.73 Å². The molecule has 23 heavy (non-hydrogen) atoms. The number of aryl methyl sites for hydroxylation is 1. The highest BCUT2D eigenvalue weighted by molar-refractivity contribution is 5.97. The second kappa shape index (κ2) is 7.00. The van der Waals surface area contributed by atoms with E-state index in [9.17, 15) is 18.4 Å². The third-order valence-corrected chi connectivity index (χ3v) is 3.52.